The average Bonchev–Trinajstić information content (AvgIpc) is 2.59. The van der Waals surface area contributed by atoms with Crippen LogP contribution < -0.4 is 15.8 Å². The van der Waals surface area contributed by atoms with Gasteiger partial charge in [-0.2, -0.15) is 13.2 Å². The SMILES string of the molecule is Cc1ccc(C(N)C(=O)NC(C)c2ccc(OCC(F)(F)F)cc2)cc1. The molecule has 0 bridgehead atoms. The highest BCUT2D eigenvalue weighted by Gasteiger charge is 2.28. The summed E-state index contributed by atoms with van der Waals surface area (Å²) in [6.07, 6.45) is -4.38. The van der Waals surface area contributed by atoms with Crippen LogP contribution in [0.25, 0.3) is 0 Å². The van der Waals surface area contributed by atoms with Crippen LogP contribution in [0.2, 0.25) is 0 Å². The lowest BCUT2D eigenvalue weighted by molar-refractivity contribution is -0.153. The third kappa shape index (κ3) is 5.77. The minimum absolute atomic E-state index is 0.112. The first-order valence-corrected chi connectivity index (χ1v) is 8.08. The standard InChI is InChI=1S/C19H21F3N2O2/c1-12-3-5-15(6-4-12)17(23)18(25)24-13(2)14-7-9-16(10-8-14)26-11-19(20,21)22/h3-10,13,17H,11,23H2,1-2H3,(H,24,25). The fraction of sp³-hybridized carbons (Fsp3) is 0.316. The lowest BCUT2D eigenvalue weighted by Gasteiger charge is -2.19. The smallest absolute Gasteiger partial charge is 0.422 e. The van der Waals surface area contributed by atoms with Crippen LogP contribution in [0.1, 0.15) is 35.7 Å². The lowest BCUT2D eigenvalue weighted by atomic mass is 10.0. The van der Waals surface area contributed by atoms with Gasteiger partial charge in [-0.25, -0.2) is 0 Å². The first-order chi connectivity index (χ1) is 12.2. The largest absolute Gasteiger partial charge is 0.484 e. The van der Waals surface area contributed by atoms with Crippen LogP contribution in [0.4, 0.5) is 13.2 Å². The number of aryl methyl sites for hydroxylation is 1. The second-order valence-corrected chi connectivity index (χ2v) is 6.09. The number of ether oxygens (including phenoxy) is 1. The molecule has 2 atom stereocenters. The van der Waals surface area contributed by atoms with Gasteiger partial charge in [-0.3, -0.25) is 4.79 Å². The number of hydrogen-bond donors (Lipinski definition) is 2. The third-order valence-electron chi connectivity index (χ3n) is 3.86. The molecule has 4 nitrogen and oxygen atoms in total. The van der Waals surface area contributed by atoms with Crippen LogP contribution in [0.3, 0.4) is 0 Å². The van der Waals surface area contributed by atoms with Crippen molar-refractivity contribution in [3.63, 3.8) is 0 Å². The predicted molar refractivity (Wildman–Crippen MR) is 92.7 cm³/mol. The van der Waals surface area contributed by atoms with Crippen LogP contribution in [-0.4, -0.2) is 18.7 Å². The van der Waals surface area contributed by atoms with Gasteiger partial charge in [0.05, 0.1) is 6.04 Å². The number of hydrogen-bond acceptors (Lipinski definition) is 3. The molecule has 2 rings (SSSR count). The number of carbonyl (C=O) groups excluding carboxylic acids is 1. The van der Waals surface area contributed by atoms with Crippen molar-refractivity contribution < 1.29 is 22.7 Å². The molecule has 0 heterocycles. The molecule has 0 aromatic heterocycles. The van der Waals surface area contributed by atoms with E-state index in [0.29, 0.717) is 5.56 Å². The van der Waals surface area contributed by atoms with Gasteiger partial charge < -0.3 is 15.8 Å². The second kappa shape index (κ2) is 8.23. The van der Waals surface area contributed by atoms with E-state index in [1.807, 2.05) is 19.1 Å². The number of nitrogens with one attached hydrogen (secondary N) is 1. The Labute approximate surface area is 150 Å². The van der Waals surface area contributed by atoms with Gasteiger partial charge in [0.2, 0.25) is 5.91 Å². The van der Waals surface area contributed by atoms with Gasteiger partial charge in [-0.1, -0.05) is 42.0 Å². The Morgan fingerprint density at radius 3 is 2.15 bits per heavy atom. The zero-order chi connectivity index (χ0) is 19.3. The van der Waals surface area contributed by atoms with E-state index in [1.165, 1.54) is 12.1 Å². The van der Waals surface area contributed by atoms with E-state index in [0.717, 1.165) is 11.1 Å². The van der Waals surface area contributed by atoms with E-state index < -0.39 is 18.8 Å². The number of rotatable bonds is 6. The summed E-state index contributed by atoms with van der Waals surface area (Å²) in [5, 5.41) is 2.80. The number of carbonyl (C=O) groups is 1. The van der Waals surface area contributed by atoms with Crippen LogP contribution in [0.5, 0.6) is 5.75 Å². The molecule has 0 spiro atoms. The van der Waals surface area contributed by atoms with Crippen molar-refractivity contribution in [2.24, 2.45) is 5.73 Å². The molecule has 0 aliphatic rings. The van der Waals surface area contributed by atoms with Gasteiger partial charge in [-0.15, -0.1) is 0 Å². The zero-order valence-electron chi connectivity index (χ0n) is 14.5. The molecule has 2 aromatic rings. The summed E-state index contributed by atoms with van der Waals surface area (Å²) in [4.78, 5) is 12.3. The molecule has 0 fully saturated rings. The summed E-state index contributed by atoms with van der Waals surface area (Å²) in [7, 11) is 0. The van der Waals surface area contributed by atoms with E-state index in [2.05, 4.69) is 10.1 Å². The van der Waals surface area contributed by atoms with Gasteiger partial charge in [0.25, 0.3) is 0 Å². The van der Waals surface area contributed by atoms with Gasteiger partial charge in [0.15, 0.2) is 6.61 Å². The van der Waals surface area contributed by atoms with Crippen LogP contribution in [-0.2, 0) is 4.79 Å². The minimum Gasteiger partial charge on any atom is -0.484 e. The molecular formula is C19H21F3N2O2. The van der Waals surface area contributed by atoms with E-state index in [4.69, 9.17) is 5.73 Å². The van der Waals surface area contributed by atoms with Crippen molar-refractivity contribution >= 4 is 5.91 Å². The molecule has 2 aromatic carbocycles. The Morgan fingerprint density at radius 1 is 1.08 bits per heavy atom. The predicted octanol–water partition coefficient (Wildman–Crippen LogP) is 3.81. The van der Waals surface area contributed by atoms with Crippen molar-refractivity contribution in [3.05, 3.63) is 65.2 Å². The molecule has 1 amide bonds. The summed E-state index contributed by atoms with van der Waals surface area (Å²) in [5.74, 6) is -0.222. The van der Waals surface area contributed by atoms with Crippen molar-refractivity contribution in [2.45, 2.75) is 32.1 Å². The van der Waals surface area contributed by atoms with Crippen LogP contribution in [0, 0.1) is 6.92 Å². The van der Waals surface area contributed by atoms with Crippen LogP contribution in [0.15, 0.2) is 48.5 Å². The third-order valence-corrected chi connectivity index (χ3v) is 3.86. The molecule has 0 saturated heterocycles. The first-order valence-electron chi connectivity index (χ1n) is 8.08. The normalized spacial score (nSPS) is 13.8. The number of benzene rings is 2. The number of nitrogens with two attached hydrogens (primary N) is 1. The van der Waals surface area contributed by atoms with E-state index in [-0.39, 0.29) is 17.7 Å². The summed E-state index contributed by atoms with van der Waals surface area (Å²) in [6.45, 7) is 2.37. The van der Waals surface area contributed by atoms with Crippen molar-refractivity contribution in [2.75, 3.05) is 6.61 Å². The number of alkyl halides is 3. The maximum Gasteiger partial charge on any atom is 0.422 e. The molecule has 0 saturated carbocycles. The Morgan fingerprint density at radius 2 is 1.62 bits per heavy atom. The topological polar surface area (TPSA) is 64.4 Å². The maximum atomic E-state index is 12.3. The molecule has 3 N–H and O–H groups in total. The molecule has 2 unspecified atom stereocenters. The Bertz CT molecular complexity index is 728. The maximum absolute atomic E-state index is 12.3. The summed E-state index contributed by atoms with van der Waals surface area (Å²) in [5.41, 5.74) is 8.49. The summed E-state index contributed by atoms with van der Waals surface area (Å²) < 4.78 is 41.1. The second-order valence-electron chi connectivity index (χ2n) is 6.09. The highest BCUT2D eigenvalue weighted by atomic mass is 19.4. The monoisotopic (exact) mass is 366 g/mol. The summed E-state index contributed by atoms with van der Waals surface area (Å²) >= 11 is 0. The highest BCUT2D eigenvalue weighted by molar-refractivity contribution is 5.83. The molecule has 0 aliphatic heterocycles. The Hall–Kier alpha value is -2.54. The molecular weight excluding hydrogens is 345 g/mol. The van der Waals surface area contributed by atoms with E-state index in [1.54, 1.807) is 31.2 Å². The number of halogens is 3. The van der Waals surface area contributed by atoms with Crippen LogP contribution >= 0.6 is 0 Å². The molecule has 26 heavy (non-hydrogen) atoms. The van der Waals surface area contributed by atoms with Gasteiger partial charge in [-0.05, 0) is 37.1 Å². The van der Waals surface area contributed by atoms with Gasteiger partial charge in [0.1, 0.15) is 11.8 Å². The molecule has 0 radical (unpaired) electrons. The Balaban J connectivity index is 1.95. The van der Waals surface area contributed by atoms with Crippen molar-refractivity contribution in [3.8, 4) is 5.75 Å². The Kier molecular flexibility index (Phi) is 6.26. The quantitative estimate of drug-likeness (QED) is 0.817. The molecule has 140 valence electrons. The van der Waals surface area contributed by atoms with Crippen molar-refractivity contribution in [1.29, 1.82) is 0 Å². The first kappa shape index (κ1) is 19.8. The van der Waals surface area contributed by atoms with E-state index >= 15 is 0 Å². The zero-order valence-corrected chi connectivity index (χ0v) is 14.5. The number of amides is 1. The minimum atomic E-state index is -4.38. The fourth-order valence-electron chi connectivity index (χ4n) is 2.33. The van der Waals surface area contributed by atoms with Gasteiger partial charge in [0, 0.05) is 0 Å². The van der Waals surface area contributed by atoms with E-state index in [9.17, 15) is 18.0 Å². The van der Waals surface area contributed by atoms with Gasteiger partial charge >= 0.3 is 6.18 Å². The fourth-order valence-corrected chi connectivity index (χ4v) is 2.33. The average molecular weight is 366 g/mol. The summed E-state index contributed by atoms with van der Waals surface area (Å²) in [6, 6.07) is 12.3. The lowest BCUT2D eigenvalue weighted by Crippen LogP contribution is -2.35. The molecule has 0 aliphatic carbocycles. The molecule has 7 heteroatoms. The highest BCUT2D eigenvalue weighted by Crippen LogP contribution is 2.21. The van der Waals surface area contributed by atoms with Crippen molar-refractivity contribution in [1.82, 2.24) is 5.32 Å².